The molecule has 0 aliphatic carbocycles. The zero-order valence-electron chi connectivity index (χ0n) is 15.2. The van der Waals surface area contributed by atoms with Crippen molar-refractivity contribution >= 4 is 32.8 Å². The van der Waals surface area contributed by atoms with Crippen molar-refractivity contribution in [3.63, 3.8) is 0 Å². The van der Waals surface area contributed by atoms with Gasteiger partial charge in [-0.15, -0.1) is 16.4 Å². The van der Waals surface area contributed by atoms with E-state index >= 15 is 0 Å². The highest BCUT2D eigenvalue weighted by atomic mass is 32.1. The molecule has 138 valence electrons. The Morgan fingerprint density at radius 2 is 2.04 bits per heavy atom. The smallest absolute Gasteiger partial charge is 0.275 e. The van der Waals surface area contributed by atoms with Crippen LogP contribution in [0.15, 0.2) is 52.6 Å². The van der Waals surface area contributed by atoms with Crippen LogP contribution in [-0.4, -0.2) is 14.6 Å². The molecule has 0 fully saturated rings. The number of hydrogen-bond donors (Lipinski definition) is 1. The van der Waals surface area contributed by atoms with Gasteiger partial charge >= 0.3 is 0 Å². The predicted molar refractivity (Wildman–Crippen MR) is 112 cm³/mol. The standard InChI is InChI=1S/C20H20N4OS2/c1-3-5-14-7-9-15(10-8-14)18(16-6-4-11-26-16)22-19-23-24-17(25)12-13(2)21-20(24)27-19/h4,6-12,18H,3,5H2,1-2H3,(H,22,23). The van der Waals surface area contributed by atoms with Gasteiger partial charge in [0.05, 0.1) is 6.04 Å². The van der Waals surface area contributed by atoms with E-state index in [-0.39, 0.29) is 11.6 Å². The molecule has 3 aromatic heterocycles. The van der Waals surface area contributed by atoms with E-state index < -0.39 is 0 Å². The summed E-state index contributed by atoms with van der Waals surface area (Å²) in [5, 5.41) is 10.7. The van der Waals surface area contributed by atoms with Gasteiger partial charge < -0.3 is 5.32 Å². The number of rotatable bonds is 6. The summed E-state index contributed by atoms with van der Waals surface area (Å²) in [5.41, 5.74) is 3.07. The van der Waals surface area contributed by atoms with Gasteiger partial charge in [-0.25, -0.2) is 4.98 Å². The van der Waals surface area contributed by atoms with Crippen molar-refractivity contribution in [2.75, 3.05) is 5.32 Å². The Kier molecular flexibility index (Phi) is 5.05. The van der Waals surface area contributed by atoms with E-state index in [1.807, 2.05) is 13.0 Å². The third-order valence-electron chi connectivity index (χ3n) is 4.32. The molecule has 0 saturated carbocycles. The van der Waals surface area contributed by atoms with Crippen LogP contribution in [0.2, 0.25) is 0 Å². The number of nitrogens with one attached hydrogen (secondary N) is 1. The Labute approximate surface area is 165 Å². The van der Waals surface area contributed by atoms with Gasteiger partial charge in [0.2, 0.25) is 10.1 Å². The van der Waals surface area contributed by atoms with Crippen LogP contribution in [0.4, 0.5) is 5.13 Å². The highest BCUT2D eigenvalue weighted by Gasteiger charge is 2.18. The van der Waals surface area contributed by atoms with Gasteiger partial charge in [-0.1, -0.05) is 55.0 Å². The summed E-state index contributed by atoms with van der Waals surface area (Å²) in [7, 11) is 0. The predicted octanol–water partition coefficient (Wildman–Crippen LogP) is 4.67. The van der Waals surface area contributed by atoms with Crippen LogP contribution in [-0.2, 0) is 6.42 Å². The van der Waals surface area contributed by atoms with Crippen molar-refractivity contribution in [1.82, 2.24) is 14.6 Å². The molecule has 0 amide bonds. The molecule has 4 rings (SSSR count). The molecule has 1 atom stereocenters. The van der Waals surface area contributed by atoms with Crippen molar-refractivity contribution in [2.45, 2.75) is 32.7 Å². The molecule has 7 heteroatoms. The summed E-state index contributed by atoms with van der Waals surface area (Å²) < 4.78 is 1.36. The van der Waals surface area contributed by atoms with E-state index in [0.29, 0.717) is 15.8 Å². The number of anilines is 1. The van der Waals surface area contributed by atoms with Crippen LogP contribution in [0.1, 0.15) is 41.1 Å². The molecular formula is C20H20N4OS2. The minimum Gasteiger partial charge on any atom is -0.348 e. The van der Waals surface area contributed by atoms with E-state index in [1.54, 1.807) is 11.3 Å². The topological polar surface area (TPSA) is 59.3 Å². The van der Waals surface area contributed by atoms with Gasteiger partial charge in [-0.05, 0) is 35.9 Å². The summed E-state index contributed by atoms with van der Waals surface area (Å²) in [6.45, 7) is 4.01. The number of hydrogen-bond acceptors (Lipinski definition) is 6. The molecule has 0 aliphatic rings. The van der Waals surface area contributed by atoms with Crippen molar-refractivity contribution in [1.29, 1.82) is 0 Å². The van der Waals surface area contributed by atoms with Gasteiger partial charge in [-0.3, -0.25) is 4.79 Å². The van der Waals surface area contributed by atoms with E-state index in [9.17, 15) is 4.79 Å². The molecule has 0 saturated heterocycles. The second-order valence-corrected chi connectivity index (χ2v) is 8.36. The van der Waals surface area contributed by atoms with Crippen molar-refractivity contribution < 1.29 is 0 Å². The quantitative estimate of drug-likeness (QED) is 0.514. The monoisotopic (exact) mass is 396 g/mol. The third-order valence-corrected chi connectivity index (χ3v) is 6.10. The number of aromatic nitrogens is 3. The maximum Gasteiger partial charge on any atom is 0.275 e. The summed E-state index contributed by atoms with van der Waals surface area (Å²) in [5.74, 6) is 0. The Bertz CT molecular complexity index is 1100. The molecule has 3 heterocycles. The Hall–Kier alpha value is -2.51. The van der Waals surface area contributed by atoms with Crippen LogP contribution < -0.4 is 10.9 Å². The van der Waals surface area contributed by atoms with Crippen molar-refractivity contribution in [3.8, 4) is 0 Å². The summed E-state index contributed by atoms with van der Waals surface area (Å²) >= 11 is 3.09. The lowest BCUT2D eigenvalue weighted by atomic mass is 10.0. The second-order valence-electron chi connectivity index (χ2n) is 6.42. The van der Waals surface area contributed by atoms with E-state index in [0.717, 1.165) is 12.8 Å². The molecule has 0 radical (unpaired) electrons. The fraction of sp³-hybridized carbons (Fsp3) is 0.250. The first-order chi connectivity index (χ1) is 13.1. The lowest BCUT2D eigenvalue weighted by molar-refractivity contribution is 0.870. The van der Waals surface area contributed by atoms with Gasteiger partial charge in [0.15, 0.2) is 0 Å². The molecule has 27 heavy (non-hydrogen) atoms. The Morgan fingerprint density at radius 1 is 1.22 bits per heavy atom. The number of thiophene rings is 1. The first kappa shape index (κ1) is 17.9. The fourth-order valence-electron chi connectivity index (χ4n) is 3.04. The Morgan fingerprint density at radius 3 is 2.74 bits per heavy atom. The van der Waals surface area contributed by atoms with Crippen LogP contribution in [0, 0.1) is 6.92 Å². The van der Waals surface area contributed by atoms with E-state index in [4.69, 9.17) is 0 Å². The number of aryl methyl sites for hydroxylation is 2. The highest BCUT2D eigenvalue weighted by Crippen LogP contribution is 2.31. The minimum absolute atomic E-state index is 0.0157. The summed E-state index contributed by atoms with van der Waals surface area (Å²) in [6.07, 6.45) is 2.22. The number of fused-ring (bicyclic) bond motifs is 1. The second kappa shape index (κ2) is 7.62. The molecule has 4 aromatic rings. The summed E-state index contributed by atoms with van der Waals surface area (Å²) in [4.78, 5) is 18.4. The average molecular weight is 397 g/mol. The molecule has 0 aliphatic heterocycles. The third kappa shape index (κ3) is 3.79. The van der Waals surface area contributed by atoms with Gasteiger partial charge in [0, 0.05) is 16.6 Å². The number of nitrogens with zero attached hydrogens (tertiary/aromatic N) is 3. The lowest BCUT2D eigenvalue weighted by Crippen LogP contribution is -2.15. The summed E-state index contributed by atoms with van der Waals surface area (Å²) in [6, 6.07) is 14.4. The first-order valence-corrected chi connectivity index (χ1v) is 10.6. The minimum atomic E-state index is -0.154. The van der Waals surface area contributed by atoms with E-state index in [2.05, 4.69) is 58.0 Å². The number of benzene rings is 1. The molecule has 1 N–H and O–H groups in total. The van der Waals surface area contributed by atoms with Gasteiger partial charge in [0.1, 0.15) is 0 Å². The van der Waals surface area contributed by atoms with Crippen molar-refractivity contribution in [2.24, 2.45) is 0 Å². The van der Waals surface area contributed by atoms with Crippen molar-refractivity contribution in [3.05, 3.63) is 79.9 Å². The zero-order valence-corrected chi connectivity index (χ0v) is 16.8. The lowest BCUT2D eigenvalue weighted by Gasteiger charge is -2.17. The normalized spacial score (nSPS) is 12.4. The van der Waals surface area contributed by atoms with Crippen LogP contribution >= 0.6 is 22.7 Å². The first-order valence-electron chi connectivity index (χ1n) is 8.90. The molecule has 1 unspecified atom stereocenters. The van der Waals surface area contributed by atoms with E-state index in [1.165, 1.54) is 37.9 Å². The van der Waals surface area contributed by atoms with Crippen LogP contribution in [0.5, 0.6) is 0 Å². The molecule has 0 bridgehead atoms. The SMILES string of the molecule is CCCc1ccc(C(Nc2nn3c(=O)cc(C)nc3s2)c2cccs2)cc1. The average Bonchev–Trinajstić information content (AvgIpc) is 3.30. The highest BCUT2D eigenvalue weighted by molar-refractivity contribution is 7.20. The zero-order chi connectivity index (χ0) is 18.8. The Balaban J connectivity index is 1.70. The maximum atomic E-state index is 12.1. The molecule has 5 nitrogen and oxygen atoms in total. The maximum absolute atomic E-state index is 12.1. The molecular weight excluding hydrogens is 376 g/mol. The van der Waals surface area contributed by atoms with Gasteiger partial charge in [-0.2, -0.15) is 4.52 Å². The van der Waals surface area contributed by atoms with Gasteiger partial charge in [0.25, 0.3) is 5.56 Å². The molecule has 0 spiro atoms. The fourth-order valence-corrected chi connectivity index (χ4v) is 4.72. The largest absolute Gasteiger partial charge is 0.348 e. The van der Waals surface area contributed by atoms with Crippen LogP contribution in [0.3, 0.4) is 0 Å². The van der Waals surface area contributed by atoms with Crippen LogP contribution in [0.25, 0.3) is 4.96 Å². The molecule has 1 aromatic carbocycles.